The van der Waals surface area contributed by atoms with Gasteiger partial charge < -0.3 is 9.64 Å². The number of pyridine rings is 1. The van der Waals surface area contributed by atoms with E-state index in [1.165, 1.54) is 12.8 Å². The molecule has 0 spiro atoms. The Hall–Kier alpha value is -2.20. The number of carbonyl (C=O) groups is 1. The molecule has 2 aromatic rings. The Morgan fingerprint density at radius 2 is 2.08 bits per heavy atom. The Kier molecular flexibility index (Phi) is 4.77. The normalized spacial score (nSPS) is 24.7. The number of hydrogen-bond donors (Lipinski definition) is 0. The Morgan fingerprint density at radius 3 is 2.88 bits per heavy atom. The number of aryl methyl sites for hydroxylation is 1. The number of hydrogen-bond acceptors (Lipinski definition) is 3. The van der Waals surface area contributed by atoms with Gasteiger partial charge in [-0.25, -0.2) is 0 Å². The first-order chi connectivity index (χ1) is 12.7. The van der Waals surface area contributed by atoms with Crippen molar-refractivity contribution in [2.45, 2.75) is 32.8 Å². The molecular formula is C22H26N2O2. The van der Waals surface area contributed by atoms with Gasteiger partial charge in [0.1, 0.15) is 0 Å². The number of rotatable bonds is 5. The monoisotopic (exact) mass is 350 g/mol. The van der Waals surface area contributed by atoms with Crippen LogP contribution in [0, 0.1) is 18.3 Å². The fraction of sp³-hybridized carbons (Fsp3) is 0.455. The average Bonchev–Trinajstić information content (AvgIpc) is 3.20. The summed E-state index contributed by atoms with van der Waals surface area (Å²) >= 11 is 0. The van der Waals surface area contributed by atoms with E-state index >= 15 is 0 Å². The van der Waals surface area contributed by atoms with Crippen molar-refractivity contribution >= 4 is 5.91 Å². The van der Waals surface area contributed by atoms with Crippen molar-refractivity contribution in [2.24, 2.45) is 11.3 Å². The van der Waals surface area contributed by atoms with Gasteiger partial charge in [-0.3, -0.25) is 9.78 Å². The van der Waals surface area contributed by atoms with Crippen LogP contribution in [0.15, 0.2) is 48.8 Å². The predicted octanol–water partition coefficient (Wildman–Crippen LogP) is 3.85. The fourth-order valence-corrected chi connectivity index (χ4v) is 4.64. The predicted molar refractivity (Wildman–Crippen MR) is 101 cm³/mol. The van der Waals surface area contributed by atoms with E-state index < -0.39 is 0 Å². The minimum absolute atomic E-state index is 0.130. The van der Waals surface area contributed by atoms with Gasteiger partial charge in [-0.2, -0.15) is 0 Å². The summed E-state index contributed by atoms with van der Waals surface area (Å²) in [6.45, 7) is 5.05. The van der Waals surface area contributed by atoms with Gasteiger partial charge in [0.2, 0.25) is 0 Å². The lowest BCUT2D eigenvalue weighted by atomic mass is 9.81. The summed E-state index contributed by atoms with van der Waals surface area (Å²) in [6.07, 6.45) is 7.21. The van der Waals surface area contributed by atoms with E-state index in [0.29, 0.717) is 12.5 Å². The number of nitrogens with zero attached hydrogens (tertiary/aromatic N) is 2. The molecule has 136 valence electrons. The zero-order valence-electron chi connectivity index (χ0n) is 15.4. The molecule has 26 heavy (non-hydrogen) atoms. The van der Waals surface area contributed by atoms with E-state index in [-0.39, 0.29) is 11.3 Å². The van der Waals surface area contributed by atoms with Crippen LogP contribution in [0.5, 0.6) is 0 Å². The summed E-state index contributed by atoms with van der Waals surface area (Å²) in [5.74, 6) is 0.735. The molecule has 4 nitrogen and oxygen atoms in total. The number of benzene rings is 1. The van der Waals surface area contributed by atoms with Crippen molar-refractivity contribution in [3.8, 4) is 0 Å². The third kappa shape index (κ3) is 3.26. The Morgan fingerprint density at radius 1 is 1.27 bits per heavy atom. The number of fused-ring (bicyclic) bond motifs is 1. The van der Waals surface area contributed by atoms with Gasteiger partial charge in [-0.05, 0) is 55.0 Å². The first-order valence-electron chi connectivity index (χ1n) is 9.49. The van der Waals surface area contributed by atoms with Crippen LogP contribution in [-0.2, 0) is 11.3 Å². The summed E-state index contributed by atoms with van der Waals surface area (Å²) in [4.78, 5) is 19.1. The largest absolute Gasteiger partial charge is 0.376 e. The first kappa shape index (κ1) is 17.2. The quantitative estimate of drug-likeness (QED) is 0.822. The van der Waals surface area contributed by atoms with Crippen LogP contribution in [0.2, 0.25) is 0 Å². The number of amides is 1. The molecule has 2 heterocycles. The molecular weight excluding hydrogens is 324 g/mol. The van der Waals surface area contributed by atoms with Crippen molar-refractivity contribution in [3.63, 3.8) is 0 Å². The van der Waals surface area contributed by atoms with Crippen molar-refractivity contribution in [1.82, 2.24) is 9.88 Å². The van der Waals surface area contributed by atoms with Crippen LogP contribution < -0.4 is 0 Å². The summed E-state index contributed by atoms with van der Waals surface area (Å²) in [5, 5.41) is 0. The summed E-state index contributed by atoms with van der Waals surface area (Å²) in [5.41, 5.74) is 3.17. The highest BCUT2D eigenvalue weighted by Gasteiger charge is 2.50. The molecule has 2 fully saturated rings. The number of carbonyl (C=O) groups excluding carboxylic acids is 1. The molecule has 0 radical (unpaired) electrons. The van der Waals surface area contributed by atoms with Crippen LogP contribution in [0.1, 0.15) is 40.7 Å². The van der Waals surface area contributed by atoms with Gasteiger partial charge in [0.05, 0.1) is 13.2 Å². The maximum absolute atomic E-state index is 13.0. The van der Waals surface area contributed by atoms with Crippen molar-refractivity contribution in [2.75, 3.05) is 19.7 Å². The van der Waals surface area contributed by atoms with Crippen LogP contribution in [0.3, 0.4) is 0 Å². The molecule has 1 amide bonds. The van der Waals surface area contributed by atoms with Crippen molar-refractivity contribution < 1.29 is 9.53 Å². The van der Waals surface area contributed by atoms with Crippen LogP contribution in [0.25, 0.3) is 0 Å². The summed E-state index contributed by atoms with van der Waals surface area (Å²) in [7, 11) is 0. The number of likely N-dealkylation sites (tertiary alicyclic amines) is 1. The number of ether oxygens (including phenoxy) is 1. The lowest BCUT2D eigenvalue weighted by Gasteiger charge is -2.28. The summed E-state index contributed by atoms with van der Waals surface area (Å²) < 4.78 is 6.10. The van der Waals surface area contributed by atoms with Gasteiger partial charge in [0.15, 0.2) is 0 Å². The molecule has 1 saturated carbocycles. The third-order valence-corrected chi connectivity index (χ3v) is 6.11. The standard InChI is InChI=1S/C22H26N2O2/c1-17-5-2-3-7-20(17)21(25)24-13-19-6-4-10-22(19,15-24)16-26-14-18-8-11-23-12-9-18/h2-3,5,7-9,11-12,19H,4,6,10,13-16H2,1H3/t19-,22+/m0/s1. The lowest BCUT2D eigenvalue weighted by Crippen LogP contribution is -2.35. The van der Waals surface area contributed by atoms with E-state index in [1.807, 2.05) is 43.3 Å². The highest BCUT2D eigenvalue weighted by molar-refractivity contribution is 5.95. The second-order valence-corrected chi connectivity index (χ2v) is 7.80. The van der Waals surface area contributed by atoms with E-state index in [2.05, 4.69) is 9.88 Å². The highest BCUT2D eigenvalue weighted by Crippen LogP contribution is 2.49. The van der Waals surface area contributed by atoms with Gasteiger partial charge in [0, 0.05) is 36.5 Å². The van der Waals surface area contributed by atoms with Crippen LogP contribution >= 0.6 is 0 Å². The minimum Gasteiger partial charge on any atom is -0.376 e. The molecule has 1 aliphatic heterocycles. The molecule has 2 atom stereocenters. The molecule has 1 aliphatic carbocycles. The van der Waals surface area contributed by atoms with E-state index in [4.69, 9.17) is 4.74 Å². The van der Waals surface area contributed by atoms with Crippen LogP contribution in [-0.4, -0.2) is 35.5 Å². The SMILES string of the molecule is Cc1ccccc1C(=O)N1C[C@@H]2CCC[C@]2(COCc2ccncc2)C1. The van der Waals surface area contributed by atoms with Crippen molar-refractivity contribution in [1.29, 1.82) is 0 Å². The second-order valence-electron chi connectivity index (χ2n) is 7.80. The molecule has 0 unspecified atom stereocenters. The van der Waals surface area contributed by atoms with Gasteiger partial charge >= 0.3 is 0 Å². The first-order valence-corrected chi connectivity index (χ1v) is 9.49. The van der Waals surface area contributed by atoms with E-state index in [0.717, 1.165) is 42.8 Å². The van der Waals surface area contributed by atoms with Gasteiger partial charge in [-0.15, -0.1) is 0 Å². The zero-order valence-corrected chi connectivity index (χ0v) is 15.4. The average molecular weight is 350 g/mol. The maximum Gasteiger partial charge on any atom is 0.254 e. The smallest absolute Gasteiger partial charge is 0.254 e. The molecule has 4 rings (SSSR count). The highest BCUT2D eigenvalue weighted by atomic mass is 16.5. The fourth-order valence-electron chi connectivity index (χ4n) is 4.64. The summed E-state index contributed by atoms with van der Waals surface area (Å²) in [6, 6.07) is 11.9. The molecule has 0 bridgehead atoms. The van der Waals surface area contributed by atoms with Gasteiger partial charge in [0.25, 0.3) is 5.91 Å². The molecule has 4 heteroatoms. The minimum atomic E-state index is 0.130. The molecule has 2 aliphatic rings. The second kappa shape index (κ2) is 7.20. The Bertz CT molecular complexity index is 777. The Balaban J connectivity index is 1.43. The molecule has 0 N–H and O–H groups in total. The van der Waals surface area contributed by atoms with E-state index in [9.17, 15) is 4.79 Å². The molecule has 1 saturated heterocycles. The number of aromatic nitrogens is 1. The maximum atomic E-state index is 13.0. The molecule has 1 aromatic carbocycles. The molecule has 1 aromatic heterocycles. The lowest BCUT2D eigenvalue weighted by molar-refractivity contribution is 0.0265. The Labute approximate surface area is 155 Å². The topological polar surface area (TPSA) is 42.4 Å². The van der Waals surface area contributed by atoms with E-state index in [1.54, 1.807) is 12.4 Å². The third-order valence-electron chi connectivity index (χ3n) is 6.11. The van der Waals surface area contributed by atoms with Crippen molar-refractivity contribution in [3.05, 3.63) is 65.5 Å². The van der Waals surface area contributed by atoms with Crippen LogP contribution in [0.4, 0.5) is 0 Å². The zero-order chi connectivity index (χ0) is 18.0. The van der Waals surface area contributed by atoms with Gasteiger partial charge in [-0.1, -0.05) is 24.6 Å².